The molecule has 0 saturated heterocycles. The lowest BCUT2D eigenvalue weighted by molar-refractivity contribution is 0.393. The van der Waals surface area contributed by atoms with Gasteiger partial charge in [-0.05, 0) is 19.3 Å². The van der Waals surface area contributed by atoms with Crippen LogP contribution in [0.5, 0.6) is 0 Å². The quantitative estimate of drug-likeness (QED) is 0.117. The standard InChI is InChI=1S/C29H56/c1-4-7-9-11-12-13-14-15-16-17-18-19-20-21-22-23-24-26-28-29(6-3)27-25-10-8-5-2/h29H,5-6,8-28H2,1-3H3. The van der Waals surface area contributed by atoms with E-state index in [0.717, 1.165) is 12.3 Å². The summed E-state index contributed by atoms with van der Waals surface area (Å²) in [5.74, 6) is 7.17. The van der Waals surface area contributed by atoms with E-state index >= 15 is 0 Å². The highest BCUT2D eigenvalue weighted by molar-refractivity contribution is 4.94. The molecule has 0 aliphatic rings. The largest absolute Gasteiger partial charge is 0.107 e. The molecule has 0 radical (unpaired) electrons. The van der Waals surface area contributed by atoms with Crippen LogP contribution >= 0.6 is 0 Å². The van der Waals surface area contributed by atoms with Gasteiger partial charge in [0.15, 0.2) is 0 Å². The molecule has 0 amide bonds. The molecule has 0 N–H and O–H groups in total. The van der Waals surface area contributed by atoms with Gasteiger partial charge in [0, 0.05) is 6.42 Å². The second-order valence-electron chi connectivity index (χ2n) is 9.39. The SMILES string of the molecule is CC#CCCCCCCCCCCCCCCCCCC(CC)CCCCCC. The zero-order valence-electron chi connectivity index (χ0n) is 20.8. The Labute approximate surface area is 186 Å². The van der Waals surface area contributed by atoms with Crippen molar-refractivity contribution in [1.29, 1.82) is 0 Å². The number of rotatable bonds is 23. The second-order valence-corrected chi connectivity index (χ2v) is 9.39. The van der Waals surface area contributed by atoms with Gasteiger partial charge in [-0.2, -0.15) is 0 Å². The molecule has 0 nitrogen and oxygen atoms in total. The van der Waals surface area contributed by atoms with Crippen molar-refractivity contribution in [2.24, 2.45) is 5.92 Å². The van der Waals surface area contributed by atoms with Crippen molar-refractivity contribution in [3.05, 3.63) is 0 Å². The van der Waals surface area contributed by atoms with Gasteiger partial charge in [-0.1, -0.05) is 149 Å². The fraction of sp³-hybridized carbons (Fsp3) is 0.931. The van der Waals surface area contributed by atoms with Crippen LogP contribution in [-0.2, 0) is 0 Å². The highest BCUT2D eigenvalue weighted by Crippen LogP contribution is 2.21. The molecule has 0 bridgehead atoms. The minimum atomic E-state index is 1.02. The Hall–Kier alpha value is -0.440. The van der Waals surface area contributed by atoms with Crippen LogP contribution in [0.4, 0.5) is 0 Å². The maximum Gasteiger partial charge on any atom is 0.00885 e. The molecule has 0 aromatic carbocycles. The maximum absolute atomic E-state index is 3.16. The first-order chi connectivity index (χ1) is 14.3. The predicted octanol–water partition coefficient (Wildman–Crippen LogP) is 10.6. The normalized spacial score (nSPS) is 12.0. The Balaban J connectivity index is 3.18. The van der Waals surface area contributed by atoms with Crippen LogP contribution in [0, 0.1) is 17.8 Å². The molecule has 0 aromatic heterocycles. The van der Waals surface area contributed by atoms with E-state index in [4.69, 9.17) is 0 Å². The molecule has 0 aliphatic carbocycles. The first-order valence-electron chi connectivity index (χ1n) is 13.7. The lowest BCUT2D eigenvalue weighted by Crippen LogP contribution is -1.99. The van der Waals surface area contributed by atoms with Crippen LogP contribution in [0.25, 0.3) is 0 Å². The maximum atomic E-state index is 3.16. The summed E-state index contributed by atoms with van der Waals surface area (Å²) in [7, 11) is 0. The minimum absolute atomic E-state index is 1.02. The fourth-order valence-electron chi connectivity index (χ4n) is 4.48. The Morgan fingerprint density at radius 3 is 1.24 bits per heavy atom. The lowest BCUT2D eigenvalue weighted by Gasteiger charge is -2.14. The molecule has 0 spiro atoms. The summed E-state index contributed by atoms with van der Waals surface area (Å²) in [5.41, 5.74) is 0. The topological polar surface area (TPSA) is 0 Å². The highest BCUT2D eigenvalue weighted by Gasteiger charge is 2.05. The van der Waals surface area contributed by atoms with Gasteiger partial charge in [0.05, 0.1) is 0 Å². The van der Waals surface area contributed by atoms with Crippen LogP contribution in [0.1, 0.15) is 168 Å². The molecule has 0 heteroatoms. The molecule has 0 heterocycles. The molecule has 0 rings (SSSR count). The van der Waals surface area contributed by atoms with Gasteiger partial charge >= 0.3 is 0 Å². The zero-order chi connectivity index (χ0) is 21.3. The summed E-state index contributed by atoms with van der Waals surface area (Å²) in [5, 5.41) is 0. The molecule has 29 heavy (non-hydrogen) atoms. The highest BCUT2D eigenvalue weighted by atomic mass is 14.1. The van der Waals surface area contributed by atoms with Gasteiger partial charge in [-0.3, -0.25) is 0 Å². The number of unbranched alkanes of at least 4 members (excludes halogenated alkanes) is 18. The van der Waals surface area contributed by atoms with Gasteiger partial charge in [0.1, 0.15) is 0 Å². The van der Waals surface area contributed by atoms with E-state index < -0.39 is 0 Å². The summed E-state index contributed by atoms with van der Waals surface area (Å²) >= 11 is 0. The molecule has 0 saturated carbocycles. The third-order valence-corrected chi connectivity index (χ3v) is 6.63. The van der Waals surface area contributed by atoms with Gasteiger partial charge in [-0.15, -0.1) is 11.8 Å². The monoisotopic (exact) mass is 404 g/mol. The molecule has 0 aromatic rings. The molecule has 1 atom stereocenters. The van der Waals surface area contributed by atoms with E-state index in [2.05, 4.69) is 25.7 Å². The second kappa shape index (κ2) is 25.6. The summed E-state index contributed by atoms with van der Waals surface area (Å²) in [6.45, 7) is 6.65. The van der Waals surface area contributed by atoms with Crippen molar-refractivity contribution >= 4 is 0 Å². The van der Waals surface area contributed by atoms with Crippen molar-refractivity contribution < 1.29 is 0 Å². The molecule has 1 unspecified atom stereocenters. The number of hydrogen-bond acceptors (Lipinski definition) is 0. The summed E-state index contributed by atoms with van der Waals surface area (Å²) in [6, 6.07) is 0. The zero-order valence-corrected chi connectivity index (χ0v) is 20.8. The van der Waals surface area contributed by atoms with E-state index in [0.29, 0.717) is 0 Å². The van der Waals surface area contributed by atoms with Gasteiger partial charge < -0.3 is 0 Å². The minimum Gasteiger partial charge on any atom is -0.107 e. The van der Waals surface area contributed by atoms with Crippen LogP contribution in [0.15, 0.2) is 0 Å². The summed E-state index contributed by atoms with van der Waals surface area (Å²) in [4.78, 5) is 0. The Morgan fingerprint density at radius 2 is 0.862 bits per heavy atom. The van der Waals surface area contributed by atoms with E-state index in [1.165, 1.54) is 141 Å². The Kier molecular flexibility index (Phi) is 25.2. The van der Waals surface area contributed by atoms with Crippen molar-refractivity contribution in [2.45, 2.75) is 168 Å². The molecular formula is C29H56. The van der Waals surface area contributed by atoms with E-state index in [9.17, 15) is 0 Å². The molecule has 0 fully saturated rings. The molecule has 0 aliphatic heterocycles. The Bertz CT molecular complexity index is 345. The van der Waals surface area contributed by atoms with Crippen LogP contribution < -0.4 is 0 Å². The lowest BCUT2D eigenvalue weighted by atomic mass is 9.92. The third-order valence-electron chi connectivity index (χ3n) is 6.63. The van der Waals surface area contributed by atoms with Crippen molar-refractivity contribution in [3.8, 4) is 11.8 Å². The summed E-state index contributed by atoms with van der Waals surface area (Å²) in [6.07, 6.45) is 33.0. The van der Waals surface area contributed by atoms with E-state index in [1.807, 2.05) is 6.92 Å². The van der Waals surface area contributed by atoms with Crippen molar-refractivity contribution in [2.75, 3.05) is 0 Å². The predicted molar refractivity (Wildman–Crippen MR) is 134 cm³/mol. The first kappa shape index (κ1) is 28.6. The first-order valence-corrected chi connectivity index (χ1v) is 13.7. The van der Waals surface area contributed by atoms with Gasteiger partial charge in [-0.25, -0.2) is 0 Å². The average molecular weight is 405 g/mol. The van der Waals surface area contributed by atoms with Crippen LogP contribution in [-0.4, -0.2) is 0 Å². The molecular weight excluding hydrogens is 348 g/mol. The Morgan fingerprint density at radius 1 is 0.483 bits per heavy atom. The third kappa shape index (κ3) is 23.7. The fourth-order valence-corrected chi connectivity index (χ4v) is 4.48. The number of hydrogen-bond donors (Lipinski definition) is 0. The van der Waals surface area contributed by atoms with Crippen molar-refractivity contribution in [1.82, 2.24) is 0 Å². The molecule has 172 valence electrons. The van der Waals surface area contributed by atoms with Crippen LogP contribution in [0.2, 0.25) is 0 Å². The van der Waals surface area contributed by atoms with Gasteiger partial charge in [0.25, 0.3) is 0 Å². The van der Waals surface area contributed by atoms with E-state index in [-0.39, 0.29) is 0 Å². The smallest absolute Gasteiger partial charge is 0.00885 e. The van der Waals surface area contributed by atoms with E-state index in [1.54, 1.807) is 0 Å². The average Bonchev–Trinajstić information content (AvgIpc) is 2.74. The van der Waals surface area contributed by atoms with Gasteiger partial charge in [0.2, 0.25) is 0 Å². The van der Waals surface area contributed by atoms with Crippen molar-refractivity contribution in [3.63, 3.8) is 0 Å². The summed E-state index contributed by atoms with van der Waals surface area (Å²) < 4.78 is 0. The van der Waals surface area contributed by atoms with Crippen LogP contribution in [0.3, 0.4) is 0 Å².